The van der Waals surface area contributed by atoms with Gasteiger partial charge in [-0.15, -0.1) is 0 Å². The SMILES string of the molecule is CCCC(N)[C@H]1CC(=O)[C@@]2(C)CC[C@@H]3c4ccc(OC)cc4CC[C@H]3[C@H]12. The van der Waals surface area contributed by atoms with Crippen LogP contribution in [0.25, 0.3) is 0 Å². The molecule has 6 atom stereocenters. The normalized spacial score (nSPS) is 36.8. The van der Waals surface area contributed by atoms with Crippen LogP contribution in [-0.2, 0) is 11.2 Å². The summed E-state index contributed by atoms with van der Waals surface area (Å²) >= 11 is 0. The van der Waals surface area contributed by atoms with E-state index in [0.29, 0.717) is 35.9 Å². The maximum atomic E-state index is 13.0. The van der Waals surface area contributed by atoms with E-state index in [2.05, 4.69) is 32.0 Å². The first-order chi connectivity index (χ1) is 12.5. The van der Waals surface area contributed by atoms with E-state index in [-0.39, 0.29) is 11.5 Å². The van der Waals surface area contributed by atoms with Crippen LogP contribution in [0.3, 0.4) is 0 Å². The monoisotopic (exact) mass is 355 g/mol. The molecular formula is C23H33NO2. The quantitative estimate of drug-likeness (QED) is 0.867. The highest BCUT2D eigenvalue weighted by Crippen LogP contribution is 2.62. The van der Waals surface area contributed by atoms with Crippen molar-refractivity contribution < 1.29 is 9.53 Å². The van der Waals surface area contributed by atoms with Crippen molar-refractivity contribution in [1.29, 1.82) is 0 Å². The van der Waals surface area contributed by atoms with Gasteiger partial charge in [0.1, 0.15) is 11.5 Å². The lowest BCUT2D eigenvalue weighted by atomic mass is 9.53. The second-order valence-electron chi connectivity index (χ2n) is 9.10. The van der Waals surface area contributed by atoms with E-state index in [0.717, 1.165) is 37.9 Å². The van der Waals surface area contributed by atoms with Crippen molar-refractivity contribution in [3.8, 4) is 5.75 Å². The van der Waals surface area contributed by atoms with Crippen LogP contribution >= 0.6 is 0 Å². The molecule has 3 heteroatoms. The average Bonchev–Trinajstić information content (AvgIpc) is 2.92. The zero-order valence-electron chi connectivity index (χ0n) is 16.5. The van der Waals surface area contributed by atoms with Crippen LogP contribution in [0, 0.1) is 23.2 Å². The van der Waals surface area contributed by atoms with Gasteiger partial charge in [-0.05, 0) is 79.0 Å². The van der Waals surface area contributed by atoms with Gasteiger partial charge < -0.3 is 10.5 Å². The highest BCUT2D eigenvalue weighted by Gasteiger charge is 2.59. The fourth-order valence-corrected chi connectivity index (χ4v) is 6.59. The van der Waals surface area contributed by atoms with E-state index in [9.17, 15) is 4.79 Å². The lowest BCUT2D eigenvalue weighted by molar-refractivity contribution is -0.129. The molecule has 0 amide bonds. The van der Waals surface area contributed by atoms with Gasteiger partial charge in [-0.3, -0.25) is 4.79 Å². The van der Waals surface area contributed by atoms with E-state index in [1.54, 1.807) is 7.11 Å². The van der Waals surface area contributed by atoms with Crippen LogP contribution in [0.2, 0.25) is 0 Å². The van der Waals surface area contributed by atoms with Crippen molar-refractivity contribution in [3.05, 3.63) is 29.3 Å². The van der Waals surface area contributed by atoms with E-state index in [1.807, 2.05) is 0 Å². The van der Waals surface area contributed by atoms with Crippen molar-refractivity contribution in [3.63, 3.8) is 0 Å². The Morgan fingerprint density at radius 3 is 2.88 bits per heavy atom. The molecule has 2 N–H and O–H groups in total. The number of methoxy groups -OCH3 is 1. The smallest absolute Gasteiger partial charge is 0.139 e. The minimum absolute atomic E-state index is 0.138. The molecule has 0 bridgehead atoms. The average molecular weight is 356 g/mol. The molecule has 3 nitrogen and oxygen atoms in total. The van der Waals surface area contributed by atoms with E-state index in [4.69, 9.17) is 10.5 Å². The lowest BCUT2D eigenvalue weighted by Gasteiger charge is -2.50. The number of benzene rings is 1. The molecule has 2 saturated carbocycles. The highest BCUT2D eigenvalue weighted by atomic mass is 16.5. The molecule has 0 aromatic heterocycles. The second kappa shape index (κ2) is 6.67. The van der Waals surface area contributed by atoms with Gasteiger partial charge >= 0.3 is 0 Å². The summed E-state index contributed by atoms with van der Waals surface area (Å²) in [4.78, 5) is 13.0. The Labute approximate surface area is 157 Å². The summed E-state index contributed by atoms with van der Waals surface area (Å²) in [6.45, 7) is 4.45. The fourth-order valence-electron chi connectivity index (χ4n) is 6.59. The number of aryl methyl sites for hydroxylation is 1. The Morgan fingerprint density at radius 2 is 2.15 bits per heavy atom. The molecule has 142 valence electrons. The molecule has 1 aromatic carbocycles. The maximum absolute atomic E-state index is 13.0. The zero-order valence-corrected chi connectivity index (χ0v) is 16.5. The summed E-state index contributed by atoms with van der Waals surface area (Å²) in [5.74, 6) is 3.48. The van der Waals surface area contributed by atoms with Crippen molar-refractivity contribution >= 4 is 5.78 Å². The van der Waals surface area contributed by atoms with E-state index in [1.165, 1.54) is 17.5 Å². The third kappa shape index (κ3) is 2.62. The van der Waals surface area contributed by atoms with Gasteiger partial charge in [-0.2, -0.15) is 0 Å². The number of nitrogens with two attached hydrogens (primary N) is 1. The first-order valence-electron chi connectivity index (χ1n) is 10.4. The number of carbonyl (C=O) groups excluding carboxylic acids is 1. The molecule has 3 aliphatic carbocycles. The first kappa shape index (κ1) is 18.0. The van der Waals surface area contributed by atoms with Crippen LogP contribution in [0.5, 0.6) is 5.75 Å². The predicted molar refractivity (Wildman–Crippen MR) is 104 cm³/mol. The number of hydrogen-bond acceptors (Lipinski definition) is 3. The number of carbonyl (C=O) groups is 1. The number of Topliss-reactive ketones (excluding diaryl/α,β-unsaturated/α-hetero) is 1. The molecule has 0 aliphatic heterocycles. The molecule has 1 aromatic rings. The van der Waals surface area contributed by atoms with Crippen LogP contribution in [0.4, 0.5) is 0 Å². The Morgan fingerprint density at radius 1 is 1.35 bits per heavy atom. The van der Waals surface area contributed by atoms with Crippen molar-refractivity contribution in [2.24, 2.45) is 28.9 Å². The number of ketones is 1. The van der Waals surface area contributed by atoms with Gasteiger partial charge in [0.2, 0.25) is 0 Å². The molecule has 0 spiro atoms. The Kier molecular flexibility index (Phi) is 4.63. The highest BCUT2D eigenvalue weighted by molar-refractivity contribution is 5.88. The predicted octanol–water partition coefficient (Wildman–Crippen LogP) is 4.47. The number of fused-ring (bicyclic) bond motifs is 5. The summed E-state index contributed by atoms with van der Waals surface area (Å²) in [6.07, 6.45) is 7.30. The Balaban J connectivity index is 1.69. The van der Waals surface area contributed by atoms with Crippen molar-refractivity contribution in [2.45, 2.75) is 70.8 Å². The molecule has 3 aliphatic rings. The molecule has 0 radical (unpaired) electrons. The van der Waals surface area contributed by atoms with Gasteiger partial charge in [0, 0.05) is 17.9 Å². The molecule has 0 heterocycles. The largest absolute Gasteiger partial charge is 0.497 e. The summed E-state index contributed by atoms with van der Waals surface area (Å²) in [6, 6.07) is 6.78. The van der Waals surface area contributed by atoms with Crippen LogP contribution < -0.4 is 10.5 Å². The van der Waals surface area contributed by atoms with E-state index >= 15 is 0 Å². The van der Waals surface area contributed by atoms with Gasteiger partial charge in [0.05, 0.1) is 7.11 Å². The Bertz CT molecular complexity index is 699. The molecule has 4 rings (SSSR count). The summed E-state index contributed by atoms with van der Waals surface area (Å²) in [5.41, 5.74) is 9.42. The molecule has 2 fully saturated rings. The minimum atomic E-state index is -0.138. The summed E-state index contributed by atoms with van der Waals surface area (Å²) in [5, 5.41) is 0. The standard InChI is InChI=1S/C23H33NO2/c1-4-5-20(24)19-13-21(25)23(2)11-10-17-16-9-7-15(26-3)12-14(16)6-8-18(17)22(19)23/h7,9,12,17-20,22H,4-6,8,10-11,13,24H2,1-3H3/t17-,18-,19-,20?,22-,23-/m1/s1. The van der Waals surface area contributed by atoms with Crippen molar-refractivity contribution in [1.82, 2.24) is 0 Å². The third-order valence-corrected chi connectivity index (χ3v) is 7.88. The topological polar surface area (TPSA) is 52.3 Å². The molecular weight excluding hydrogens is 322 g/mol. The van der Waals surface area contributed by atoms with Crippen LogP contribution in [-0.4, -0.2) is 18.9 Å². The second-order valence-corrected chi connectivity index (χ2v) is 9.10. The molecule has 26 heavy (non-hydrogen) atoms. The minimum Gasteiger partial charge on any atom is -0.497 e. The van der Waals surface area contributed by atoms with Gasteiger partial charge in [0.15, 0.2) is 0 Å². The Hall–Kier alpha value is -1.35. The zero-order chi connectivity index (χ0) is 18.5. The fraction of sp³-hybridized carbons (Fsp3) is 0.696. The lowest BCUT2D eigenvalue weighted by Crippen LogP contribution is -2.47. The van der Waals surface area contributed by atoms with Crippen molar-refractivity contribution in [2.75, 3.05) is 7.11 Å². The van der Waals surface area contributed by atoms with Crippen LogP contribution in [0.15, 0.2) is 18.2 Å². The van der Waals surface area contributed by atoms with Gasteiger partial charge in [-0.1, -0.05) is 26.3 Å². The van der Waals surface area contributed by atoms with Crippen LogP contribution in [0.1, 0.15) is 69.4 Å². The number of rotatable bonds is 4. The molecule has 0 saturated heterocycles. The summed E-state index contributed by atoms with van der Waals surface area (Å²) in [7, 11) is 1.74. The summed E-state index contributed by atoms with van der Waals surface area (Å²) < 4.78 is 5.43. The number of ether oxygens (including phenoxy) is 1. The molecule has 1 unspecified atom stereocenters. The first-order valence-corrected chi connectivity index (χ1v) is 10.4. The van der Waals surface area contributed by atoms with Gasteiger partial charge in [-0.25, -0.2) is 0 Å². The third-order valence-electron chi connectivity index (χ3n) is 7.88. The van der Waals surface area contributed by atoms with Gasteiger partial charge in [0.25, 0.3) is 0 Å². The maximum Gasteiger partial charge on any atom is 0.139 e. The van der Waals surface area contributed by atoms with E-state index < -0.39 is 0 Å². The number of hydrogen-bond donors (Lipinski definition) is 1.